The van der Waals surface area contributed by atoms with Crippen LogP contribution >= 0.6 is 23.1 Å². The number of hydrogen-bond acceptors (Lipinski definition) is 8. The molecular formula is C22H30N4O2S2. The molecule has 3 aromatic rings. The van der Waals surface area contributed by atoms with Crippen molar-refractivity contribution < 1.29 is 10.2 Å². The van der Waals surface area contributed by atoms with Gasteiger partial charge in [0.1, 0.15) is 4.83 Å². The van der Waals surface area contributed by atoms with E-state index in [-0.39, 0.29) is 0 Å². The van der Waals surface area contributed by atoms with Gasteiger partial charge in [0.25, 0.3) is 0 Å². The highest BCUT2D eigenvalue weighted by Gasteiger charge is 2.26. The van der Waals surface area contributed by atoms with E-state index in [9.17, 15) is 10.2 Å². The van der Waals surface area contributed by atoms with E-state index in [4.69, 9.17) is 15.0 Å². The summed E-state index contributed by atoms with van der Waals surface area (Å²) in [5, 5.41) is 22.1. The average Bonchev–Trinajstić information content (AvgIpc) is 3.30. The Morgan fingerprint density at radius 2 is 1.77 bits per heavy atom. The molecule has 0 unspecified atom stereocenters. The van der Waals surface area contributed by atoms with E-state index in [0.717, 1.165) is 46.5 Å². The molecule has 162 valence electrons. The van der Waals surface area contributed by atoms with Crippen molar-refractivity contribution in [1.29, 1.82) is 0 Å². The van der Waals surface area contributed by atoms with Crippen LogP contribution in [-0.2, 0) is 19.3 Å². The van der Waals surface area contributed by atoms with Gasteiger partial charge in [-0.2, -0.15) is 0 Å². The van der Waals surface area contributed by atoms with Crippen molar-refractivity contribution in [2.45, 2.75) is 70.2 Å². The molecule has 2 atom stereocenters. The molecule has 0 saturated carbocycles. The SMILES string of the molecule is CCCc1nc2sc3c(N(C[C@H](C)O)C[C@H](C)O)nc(SC)nc3c2c2c1CCC2. The van der Waals surface area contributed by atoms with Gasteiger partial charge in [-0.1, -0.05) is 25.1 Å². The molecule has 1 aliphatic rings. The summed E-state index contributed by atoms with van der Waals surface area (Å²) in [6.07, 6.45) is 6.39. The molecule has 1 aliphatic carbocycles. The minimum atomic E-state index is -0.528. The highest BCUT2D eigenvalue weighted by atomic mass is 32.2. The Balaban J connectivity index is 1.99. The van der Waals surface area contributed by atoms with Crippen LogP contribution in [0.3, 0.4) is 0 Å². The number of rotatable bonds is 8. The molecule has 30 heavy (non-hydrogen) atoms. The molecule has 3 heterocycles. The van der Waals surface area contributed by atoms with Crippen molar-refractivity contribution in [3.05, 3.63) is 16.8 Å². The van der Waals surface area contributed by atoms with Crippen LogP contribution in [0.25, 0.3) is 20.4 Å². The maximum absolute atomic E-state index is 10.1. The zero-order chi connectivity index (χ0) is 21.4. The first-order valence-electron chi connectivity index (χ1n) is 10.7. The highest BCUT2D eigenvalue weighted by molar-refractivity contribution is 7.98. The fraction of sp³-hybridized carbons (Fsp3) is 0.591. The number of aliphatic hydroxyl groups excluding tert-OH is 2. The van der Waals surface area contributed by atoms with Crippen molar-refractivity contribution >= 4 is 49.3 Å². The Hall–Kier alpha value is -1.48. The quantitative estimate of drug-likeness (QED) is 0.400. The number of aliphatic hydroxyl groups is 2. The summed E-state index contributed by atoms with van der Waals surface area (Å²) in [4.78, 5) is 17.8. The van der Waals surface area contributed by atoms with Crippen LogP contribution in [0.15, 0.2) is 5.16 Å². The average molecular weight is 447 g/mol. The van der Waals surface area contributed by atoms with E-state index in [1.807, 2.05) is 11.2 Å². The number of nitrogens with zero attached hydrogens (tertiary/aromatic N) is 4. The van der Waals surface area contributed by atoms with Crippen LogP contribution in [0.1, 0.15) is 50.4 Å². The van der Waals surface area contributed by atoms with Gasteiger partial charge in [0, 0.05) is 24.2 Å². The highest BCUT2D eigenvalue weighted by Crippen LogP contribution is 2.43. The molecular weight excluding hydrogens is 416 g/mol. The predicted octanol–water partition coefficient (Wildman–Crippen LogP) is 3.97. The lowest BCUT2D eigenvalue weighted by Crippen LogP contribution is -2.37. The molecule has 0 amide bonds. The van der Waals surface area contributed by atoms with Crippen molar-refractivity contribution in [2.24, 2.45) is 0 Å². The normalized spacial score (nSPS) is 15.7. The minimum absolute atomic E-state index is 0.408. The third-order valence-corrected chi connectivity index (χ3v) is 7.14. The van der Waals surface area contributed by atoms with Gasteiger partial charge in [0.05, 0.1) is 22.4 Å². The largest absolute Gasteiger partial charge is 0.392 e. The number of hydrogen-bond donors (Lipinski definition) is 2. The number of aryl methyl sites for hydroxylation is 2. The summed E-state index contributed by atoms with van der Waals surface area (Å²) in [5.74, 6) is 0.790. The van der Waals surface area contributed by atoms with Crippen LogP contribution < -0.4 is 4.90 Å². The van der Waals surface area contributed by atoms with Gasteiger partial charge in [-0.15, -0.1) is 11.3 Å². The zero-order valence-electron chi connectivity index (χ0n) is 18.1. The van der Waals surface area contributed by atoms with Gasteiger partial charge in [0.2, 0.25) is 0 Å². The number of thioether (sulfide) groups is 1. The van der Waals surface area contributed by atoms with Gasteiger partial charge < -0.3 is 15.1 Å². The molecule has 4 rings (SSSR count). The third-order valence-electron chi connectivity index (χ3n) is 5.52. The molecule has 0 fully saturated rings. The second-order valence-electron chi connectivity index (χ2n) is 8.22. The van der Waals surface area contributed by atoms with Crippen LogP contribution in [0.4, 0.5) is 5.82 Å². The summed E-state index contributed by atoms with van der Waals surface area (Å²) in [6.45, 7) is 6.55. The third kappa shape index (κ3) is 4.02. The van der Waals surface area contributed by atoms with Crippen molar-refractivity contribution in [1.82, 2.24) is 15.0 Å². The molecule has 0 saturated heterocycles. The second-order valence-corrected chi connectivity index (χ2v) is 9.99. The number of anilines is 1. The molecule has 6 nitrogen and oxygen atoms in total. The topological polar surface area (TPSA) is 82.4 Å². The van der Waals surface area contributed by atoms with E-state index >= 15 is 0 Å². The monoisotopic (exact) mass is 446 g/mol. The van der Waals surface area contributed by atoms with Gasteiger partial charge in [0.15, 0.2) is 11.0 Å². The Labute approximate surface area is 185 Å². The maximum Gasteiger partial charge on any atom is 0.189 e. The summed E-state index contributed by atoms with van der Waals surface area (Å²) in [6, 6.07) is 0. The Kier molecular flexibility index (Phi) is 6.48. The summed E-state index contributed by atoms with van der Waals surface area (Å²) in [7, 11) is 0. The van der Waals surface area contributed by atoms with Gasteiger partial charge >= 0.3 is 0 Å². The lowest BCUT2D eigenvalue weighted by Gasteiger charge is -2.27. The first-order valence-corrected chi connectivity index (χ1v) is 12.8. The Morgan fingerprint density at radius 3 is 2.40 bits per heavy atom. The van der Waals surface area contributed by atoms with Crippen molar-refractivity contribution in [3.63, 3.8) is 0 Å². The summed E-state index contributed by atoms with van der Waals surface area (Å²) in [5.41, 5.74) is 5.07. The molecule has 2 N–H and O–H groups in total. The van der Waals surface area contributed by atoms with Gasteiger partial charge in [-0.25, -0.2) is 15.0 Å². The van der Waals surface area contributed by atoms with Crippen LogP contribution in [0.2, 0.25) is 0 Å². The van der Waals surface area contributed by atoms with E-state index in [1.54, 1.807) is 25.2 Å². The summed E-state index contributed by atoms with van der Waals surface area (Å²) < 4.78 is 0.999. The fourth-order valence-electron chi connectivity index (χ4n) is 4.44. The van der Waals surface area contributed by atoms with E-state index < -0.39 is 12.2 Å². The maximum atomic E-state index is 10.1. The van der Waals surface area contributed by atoms with Gasteiger partial charge in [-0.3, -0.25) is 0 Å². The van der Waals surface area contributed by atoms with Gasteiger partial charge in [-0.05, 0) is 56.9 Å². The first-order chi connectivity index (χ1) is 14.4. The number of fused-ring (bicyclic) bond motifs is 5. The second kappa shape index (κ2) is 8.94. The molecule has 0 aromatic carbocycles. The molecule has 0 aliphatic heterocycles. The lowest BCUT2D eigenvalue weighted by molar-refractivity contribution is 0.178. The molecule has 3 aromatic heterocycles. The first kappa shape index (κ1) is 21.7. The summed E-state index contributed by atoms with van der Waals surface area (Å²) >= 11 is 3.17. The molecule has 8 heteroatoms. The number of thiophene rings is 1. The number of aromatic nitrogens is 3. The Morgan fingerprint density at radius 1 is 1.07 bits per heavy atom. The van der Waals surface area contributed by atoms with E-state index in [1.165, 1.54) is 40.4 Å². The molecule has 0 bridgehead atoms. The predicted molar refractivity (Wildman–Crippen MR) is 126 cm³/mol. The minimum Gasteiger partial charge on any atom is -0.392 e. The van der Waals surface area contributed by atoms with Crippen LogP contribution in [0.5, 0.6) is 0 Å². The standard InChI is InChI=1S/C22H30N4O2S2/c1-5-7-16-14-8-6-9-15(14)17-18-19(30-21(17)23-16)20(25-22(24-18)29-4)26(10-12(2)27)11-13(3)28/h12-13,27-28H,5-11H2,1-4H3/t12-,13-/m0/s1. The van der Waals surface area contributed by atoms with E-state index in [2.05, 4.69) is 6.92 Å². The van der Waals surface area contributed by atoms with Crippen LogP contribution in [-0.4, -0.2) is 56.7 Å². The van der Waals surface area contributed by atoms with Crippen LogP contribution in [0, 0.1) is 0 Å². The zero-order valence-corrected chi connectivity index (χ0v) is 19.7. The fourth-order valence-corrected chi connectivity index (χ4v) is 5.99. The Bertz CT molecular complexity index is 1050. The van der Waals surface area contributed by atoms with Crippen molar-refractivity contribution in [3.8, 4) is 0 Å². The molecule has 0 spiro atoms. The molecule has 0 radical (unpaired) electrons. The lowest BCUT2D eigenvalue weighted by atomic mass is 10.0. The number of pyridine rings is 1. The smallest absolute Gasteiger partial charge is 0.189 e. The van der Waals surface area contributed by atoms with Crippen molar-refractivity contribution in [2.75, 3.05) is 24.2 Å². The van der Waals surface area contributed by atoms with E-state index in [0.29, 0.717) is 18.2 Å².